The highest BCUT2D eigenvalue weighted by atomic mass is 35.5. The molecule has 0 radical (unpaired) electrons. The maximum absolute atomic E-state index is 12.2. The number of methoxy groups -OCH3 is 2. The van der Waals surface area contributed by atoms with E-state index in [4.69, 9.17) is 21.1 Å². The number of carbonyl (C=O) groups excluding carboxylic acids is 1. The smallest absolute Gasteiger partial charge is 0.165 e. The fraction of sp³-hybridized carbons (Fsp3) is 0.500. The van der Waals surface area contributed by atoms with E-state index in [1.54, 1.807) is 12.1 Å². The van der Waals surface area contributed by atoms with E-state index >= 15 is 0 Å². The number of hydrogen-bond acceptors (Lipinski definition) is 3. The molecular formula is C14H19ClO3. The summed E-state index contributed by atoms with van der Waals surface area (Å²) in [5.74, 6) is 1.04. The minimum absolute atomic E-state index is 0.00783. The Kier molecular flexibility index (Phi) is 4.63. The number of rotatable bonds is 4. The number of carbonyl (C=O) groups is 1. The average molecular weight is 271 g/mol. The zero-order valence-electron chi connectivity index (χ0n) is 11.5. The van der Waals surface area contributed by atoms with Crippen molar-refractivity contribution in [3.63, 3.8) is 0 Å². The maximum atomic E-state index is 12.2. The average Bonchev–Trinajstić information content (AvgIpc) is 2.26. The van der Waals surface area contributed by atoms with Crippen molar-refractivity contribution in [2.45, 2.75) is 27.2 Å². The molecule has 0 atom stereocenters. The summed E-state index contributed by atoms with van der Waals surface area (Å²) in [5, 5.41) is 0.391. The summed E-state index contributed by atoms with van der Waals surface area (Å²) in [6, 6.07) is 3.24. The van der Waals surface area contributed by atoms with Crippen LogP contribution >= 0.6 is 11.6 Å². The molecule has 1 aromatic rings. The van der Waals surface area contributed by atoms with Gasteiger partial charge in [0, 0.05) is 18.1 Å². The van der Waals surface area contributed by atoms with Crippen LogP contribution in [0.15, 0.2) is 12.1 Å². The van der Waals surface area contributed by atoms with Crippen LogP contribution in [-0.2, 0) is 0 Å². The van der Waals surface area contributed by atoms with E-state index in [-0.39, 0.29) is 11.2 Å². The molecule has 0 aliphatic rings. The third-order valence-electron chi connectivity index (χ3n) is 2.46. The van der Waals surface area contributed by atoms with E-state index in [9.17, 15) is 4.79 Å². The van der Waals surface area contributed by atoms with E-state index in [0.29, 0.717) is 28.5 Å². The van der Waals surface area contributed by atoms with Crippen LogP contribution < -0.4 is 9.47 Å². The normalized spacial score (nSPS) is 11.2. The molecule has 3 nitrogen and oxygen atoms in total. The Bertz CT molecular complexity index is 447. The van der Waals surface area contributed by atoms with Crippen molar-refractivity contribution in [1.82, 2.24) is 0 Å². The summed E-state index contributed by atoms with van der Waals surface area (Å²) in [5.41, 5.74) is 0.400. The Hall–Kier alpha value is -1.22. The van der Waals surface area contributed by atoms with Gasteiger partial charge in [-0.1, -0.05) is 32.4 Å². The van der Waals surface area contributed by atoms with Gasteiger partial charge in [-0.25, -0.2) is 0 Å². The number of ether oxygens (including phenoxy) is 2. The SMILES string of the molecule is COc1cc(Cl)c(C(=O)CC(C)(C)C)cc1OC. The first-order chi connectivity index (χ1) is 8.28. The molecule has 0 aliphatic heterocycles. The van der Waals surface area contributed by atoms with Crippen molar-refractivity contribution in [2.75, 3.05) is 14.2 Å². The van der Waals surface area contributed by atoms with E-state index in [0.717, 1.165) is 0 Å². The van der Waals surface area contributed by atoms with Crippen LogP contribution in [0.2, 0.25) is 5.02 Å². The largest absolute Gasteiger partial charge is 0.493 e. The summed E-state index contributed by atoms with van der Waals surface area (Å²) < 4.78 is 10.3. The van der Waals surface area contributed by atoms with Crippen LogP contribution in [0.1, 0.15) is 37.6 Å². The number of Topliss-reactive ketones (excluding diaryl/α,β-unsaturated/α-hetero) is 1. The highest BCUT2D eigenvalue weighted by molar-refractivity contribution is 6.34. The fourth-order valence-electron chi connectivity index (χ4n) is 1.64. The van der Waals surface area contributed by atoms with Gasteiger partial charge < -0.3 is 9.47 Å². The number of hydrogen-bond donors (Lipinski definition) is 0. The molecule has 0 aromatic heterocycles. The Labute approximate surface area is 113 Å². The van der Waals surface area contributed by atoms with Crippen molar-refractivity contribution < 1.29 is 14.3 Å². The lowest BCUT2D eigenvalue weighted by atomic mass is 9.88. The van der Waals surface area contributed by atoms with E-state index < -0.39 is 0 Å². The molecule has 100 valence electrons. The molecule has 18 heavy (non-hydrogen) atoms. The molecule has 0 amide bonds. The molecule has 0 bridgehead atoms. The molecule has 0 saturated carbocycles. The van der Waals surface area contributed by atoms with Gasteiger partial charge >= 0.3 is 0 Å². The van der Waals surface area contributed by atoms with Crippen LogP contribution in [-0.4, -0.2) is 20.0 Å². The topological polar surface area (TPSA) is 35.5 Å². The van der Waals surface area contributed by atoms with Gasteiger partial charge in [0.25, 0.3) is 0 Å². The third kappa shape index (κ3) is 3.64. The van der Waals surface area contributed by atoms with Gasteiger partial charge in [0.05, 0.1) is 19.2 Å². The summed E-state index contributed by atoms with van der Waals surface area (Å²) in [7, 11) is 3.06. The highest BCUT2D eigenvalue weighted by Crippen LogP contribution is 2.34. The molecular weight excluding hydrogens is 252 g/mol. The Morgan fingerprint density at radius 3 is 2.11 bits per heavy atom. The van der Waals surface area contributed by atoms with Crippen LogP contribution in [0, 0.1) is 5.41 Å². The summed E-state index contributed by atoms with van der Waals surface area (Å²) in [6.45, 7) is 6.04. The van der Waals surface area contributed by atoms with Crippen molar-refractivity contribution in [2.24, 2.45) is 5.41 Å². The predicted molar refractivity (Wildman–Crippen MR) is 73.0 cm³/mol. The number of benzene rings is 1. The second-order valence-corrected chi connectivity index (χ2v) is 5.75. The first-order valence-corrected chi connectivity index (χ1v) is 6.11. The second-order valence-electron chi connectivity index (χ2n) is 5.35. The molecule has 0 N–H and O–H groups in total. The maximum Gasteiger partial charge on any atom is 0.165 e. The molecule has 4 heteroatoms. The van der Waals surface area contributed by atoms with Gasteiger partial charge in [0.15, 0.2) is 17.3 Å². The molecule has 0 heterocycles. The predicted octanol–water partition coefficient (Wildman–Crippen LogP) is 3.98. The highest BCUT2D eigenvalue weighted by Gasteiger charge is 2.21. The van der Waals surface area contributed by atoms with Gasteiger partial charge in [0.2, 0.25) is 0 Å². The van der Waals surface area contributed by atoms with E-state index in [1.807, 2.05) is 20.8 Å². The van der Waals surface area contributed by atoms with E-state index in [2.05, 4.69) is 0 Å². The lowest BCUT2D eigenvalue weighted by molar-refractivity contribution is 0.0939. The molecule has 0 saturated heterocycles. The van der Waals surface area contributed by atoms with Gasteiger partial charge in [0.1, 0.15) is 0 Å². The summed E-state index contributed by atoms with van der Waals surface area (Å²) in [6.07, 6.45) is 0.433. The zero-order chi connectivity index (χ0) is 13.9. The first kappa shape index (κ1) is 14.8. The Balaban J connectivity index is 3.13. The quantitative estimate of drug-likeness (QED) is 0.777. The lowest BCUT2D eigenvalue weighted by Gasteiger charge is -2.18. The van der Waals surface area contributed by atoms with Crippen LogP contribution in [0.25, 0.3) is 0 Å². The lowest BCUT2D eigenvalue weighted by Crippen LogP contribution is -2.13. The second kappa shape index (κ2) is 5.61. The van der Waals surface area contributed by atoms with Crippen molar-refractivity contribution in [3.8, 4) is 11.5 Å². The zero-order valence-corrected chi connectivity index (χ0v) is 12.2. The minimum atomic E-state index is -0.0758. The van der Waals surface area contributed by atoms with Crippen LogP contribution in [0.4, 0.5) is 0 Å². The third-order valence-corrected chi connectivity index (χ3v) is 2.78. The number of ketones is 1. The minimum Gasteiger partial charge on any atom is -0.493 e. The molecule has 0 spiro atoms. The monoisotopic (exact) mass is 270 g/mol. The van der Waals surface area contributed by atoms with Crippen molar-refractivity contribution >= 4 is 17.4 Å². The summed E-state index contributed by atoms with van der Waals surface area (Å²) >= 11 is 6.10. The van der Waals surface area contributed by atoms with Gasteiger partial charge in [-0.3, -0.25) is 4.79 Å². The van der Waals surface area contributed by atoms with E-state index in [1.165, 1.54) is 14.2 Å². The van der Waals surface area contributed by atoms with Gasteiger partial charge in [-0.2, -0.15) is 0 Å². The molecule has 1 aromatic carbocycles. The van der Waals surface area contributed by atoms with Crippen molar-refractivity contribution in [3.05, 3.63) is 22.7 Å². The molecule has 0 aliphatic carbocycles. The fourth-order valence-corrected chi connectivity index (χ4v) is 1.90. The van der Waals surface area contributed by atoms with Crippen LogP contribution in [0.3, 0.4) is 0 Å². The van der Waals surface area contributed by atoms with Gasteiger partial charge in [-0.05, 0) is 11.5 Å². The van der Waals surface area contributed by atoms with Gasteiger partial charge in [-0.15, -0.1) is 0 Å². The summed E-state index contributed by atoms with van der Waals surface area (Å²) in [4.78, 5) is 12.2. The Morgan fingerprint density at radius 1 is 1.17 bits per heavy atom. The number of halogens is 1. The van der Waals surface area contributed by atoms with Crippen molar-refractivity contribution in [1.29, 1.82) is 0 Å². The molecule has 1 rings (SSSR count). The van der Waals surface area contributed by atoms with Crippen LogP contribution in [0.5, 0.6) is 11.5 Å². The standard InChI is InChI=1S/C14H19ClO3/c1-14(2,3)8-11(16)9-6-12(17-4)13(18-5)7-10(9)15/h6-7H,8H2,1-5H3. The molecule has 0 unspecified atom stereocenters. The molecule has 0 fully saturated rings. The Morgan fingerprint density at radius 2 is 1.67 bits per heavy atom. The first-order valence-electron chi connectivity index (χ1n) is 5.73.